The van der Waals surface area contributed by atoms with Gasteiger partial charge in [-0.15, -0.1) is 0 Å². The molecular formula is C13H18F4O3Si. The molecule has 0 saturated heterocycles. The van der Waals surface area contributed by atoms with Crippen molar-refractivity contribution in [2.75, 3.05) is 20.8 Å². The van der Waals surface area contributed by atoms with Gasteiger partial charge in [-0.2, -0.15) is 0 Å². The van der Waals surface area contributed by atoms with Crippen molar-refractivity contribution in [3.63, 3.8) is 0 Å². The van der Waals surface area contributed by atoms with Crippen molar-refractivity contribution >= 4 is 8.80 Å². The third kappa shape index (κ3) is 4.25. The fraction of sp³-hybridized carbons (Fsp3) is 0.538. The minimum atomic E-state index is -2.84. The molecule has 1 rings (SSSR count). The van der Waals surface area contributed by atoms with Crippen LogP contribution < -0.4 is 0 Å². The molecule has 0 saturated carbocycles. The van der Waals surface area contributed by atoms with Crippen LogP contribution >= 0.6 is 0 Å². The molecule has 21 heavy (non-hydrogen) atoms. The molecular weight excluding hydrogens is 308 g/mol. The van der Waals surface area contributed by atoms with Crippen LogP contribution in [-0.2, 0) is 19.7 Å². The van der Waals surface area contributed by atoms with Crippen LogP contribution in [0, 0.1) is 23.3 Å². The predicted molar refractivity (Wildman–Crippen MR) is 70.8 cm³/mol. The first-order valence-electron chi connectivity index (χ1n) is 6.47. The van der Waals surface area contributed by atoms with E-state index in [9.17, 15) is 17.6 Å². The molecule has 0 atom stereocenters. The molecule has 0 amide bonds. The van der Waals surface area contributed by atoms with Crippen LogP contribution in [0.25, 0.3) is 0 Å². The van der Waals surface area contributed by atoms with E-state index < -0.39 is 32.1 Å². The molecule has 3 nitrogen and oxygen atoms in total. The molecule has 1 aromatic carbocycles. The summed E-state index contributed by atoms with van der Waals surface area (Å²) in [7, 11) is 0.0584. The van der Waals surface area contributed by atoms with Crippen LogP contribution in [0.4, 0.5) is 17.6 Å². The first-order valence-corrected chi connectivity index (χ1v) is 8.40. The van der Waals surface area contributed by atoms with E-state index in [-0.39, 0.29) is 12.0 Å². The summed E-state index contributed by atoms with van der Waals surface area (Å²) in [5, 5.41) is 0. The maximum atomic E-state index is 13.5. The van der Waals surface area contributed by atoms with Gasteiger partial charge >= 0.3 is 8.80 Å². The Kier molecular flexibility index (Phi) is 6.79. The summed E-state index contributed by atoms with van der Waals surface area (Å²) < 4.78 is 68.5. The lowest BCUT2D eigenvalue weighted by molar-refractivity contribution is 0.103. The molecule has 0 aliphatic heterocycles. The summed E-state index contributed by atoms with van der Waals surface area (Å²) in [4.78, 5) is 0. The second-order valence-corrected chi connectivity index (χ2v) is 7.31. The number of halogens is 4. The number of aryl methyl sites for hydroxylation is 1. The van der Waals surface area contributed by atoms with Gasteiger partial charge in [0.05, 0.1) is 0 Å². The number of hydrogen-bond donors (Lipinski definition) is 0. The number of hydrogen-bond acceptors (Lipinski definition) is 3. The zero-order valence-electron chi connectivity index (χ0n) is 12.1. The molecule has 0 heterocycles. The molecule has 0 spiro atoms. The average Bonchev–Trinajstić information content (AvgIpc) is 2.49. The van der Waals surface area contributed by atoms with Gasteiger partial charge in [0.1, 0.15) is 0 Å². The third-order valence-corrected chi connectivity index (χ3v) is 6.03. The van der Waals surface area contributed by atoms with E-state index in [0.29, 0.717) is 25.1 Å². The van der Waals surface area contributed by atoms with Crippen LogP contribution in [0.15, 0.2) is 6.07 Å². The van der Waals surface area contributed by atoms with Gasteiger partial charge < -0.3 is 13.3 Å². The summed E-state index contributed by atoms with van der Waals surface area (Å²) in [6.07, 6.45) is 0.351. The maximum Gasteiger partial charge on any atom is 0.500 e. The zero-order chi connectivity index (χ0) is 16.0. The summed E-state index contributed by atoms with van der Waals surface area (Å²) in [6, 6.07) is 1.02. The lowest BCUT2D eigenvalue weighted by Crippen LogP contribution is -2.43. The van der Waals surface area contributed by atoms with E-state index >= 15 is 0 Å². The minimum absolute atomic E-state index is 0.0223. The van der Waals surface area contributed by atoms with Gasteiger partial charge in [0, 0.05) is 26.9 Å². The van der Waals surface area contributed by atoms with Gasteiger partial charge in [0.2, 0.25) is 0 Å². The Hall–Kier alpha value is -0.963. The van der Waals surface area contributed by atoms with Crippen molar-refractivity contribution in [1.29, 1.82) is 0 Å². The van der Waals surface area contributed by atoms with Crippen molar-refractivity contribution in [3.8, 4) is 0 Å². The molecule has 0 aliphatic carbocycles. The van der Waals surface area contributed by atoms with E-state index in [1.165, 1.54) is 14.2 Å². The number of rotatable bonds is 8. The Labute approximate surface area is 122 Å². The van der Waals surface area contributed by atoms with Gasteiger partial charge in [-0.3, -0.25) is 0 Å². The van der Waals surface area contributed by atoms with Crippen molar-refractivity contribution < 1.29 is 30.8 Å². The molecule has 0 unspecified atom stereocenters. The van der Waals surface area contributed by atoms with Crippen LogP contribution in [0.3, 0.4) is 0 Å². The van der Waals surface area contributed by atoms with Crippen LogP contribution in [0.1, 0.15) is 18.9 Å². The molecule has 0 radical (unpaired) electrons. The molecule has 8 heteroatoms. The second-order valence-electron chi connectivity index (χ2n) is 4.34. The highest BCUT2D eigenvalue weighted by atomic mass is 28.4. The highest BCUT2D eigenvalue weighted by molar-refractivity contribution is 6.60. The molecule has 0 aliphatic rings. The fourth-order valence-corrected chi connectivity index (χ4v) is 4.00. The normalized spacial score (nSPS) is 12.0. The van der Waals surface area contributed by atoms with E-state index in [1.54, 1.807) is 6.92 Å². The Morgan fingerprint density at radius 1 is 1.00 bits per heavy atom. The number of benzene rings is 1. The highest BCUT2D eigenvalue weighted by Gasteiger charge is 2.37. The fourth-order valence-electron chi connectivity index (χ4n) is 2.00. The van der Waals surface area contributed by atoms with Crippen LogP contribution in [0.2, 0.25) is 6.04 Å². The average molecular weight is 326 g/mol. The Balaban J connectivity index is 2.76. The standard InChI is InChI=1S/C13H18F4O3Si/c1-4-20-21(18-2,19-3)7-5-6-9-8-10(14)12(16)13(17)11(9)15/h8H,4-7H2,1-3H3. The lowest BCUT2D eigenvalue weighted by atomic mass is 10.1. The maximum absolute atomic E-state index is 13.5. The SMILES string of the molecule is CCO[Si](CCCc1cc(F)c(F)c(F)c1F)(OC)OC. The van der Waals surface area contributed by atoms with Gasteiger partial charge in [-0.1, -0.05) is 0 Å². The molecule has 0 aromatic heterocycles. The molecule has 0 bridgehead atoms. The van der Waals surface area contributed by atoms with Crippen LogP contribution in [0.5, 0.6) is 0 Å². The molecule has 0 N–H and O–H groups in total. The topological polar surface area (TPSA) is 27.7 Å². The Bertz CT molecular complexity index is 481. The second kappa shape index (κ2) is 7.88. The largest absolute Gasteiger partial charge is 0.500 e. The van der Waals surface area contributed by atoms with Crippen LogP contribution in [-0.4, -0.2) is 29.6 Å². The van der Waals surface area contributed by atoms with Gasteiger partial charge in [0.15, 0.2) is 23.3 Å². The monoisotopic (exact) mass is 326 g/mol. The minimum Gasteiger partial charge on any atom is -0.377 e. The van der Waals surface area contributed by atoms with Gasteiger partial charge in [-0.05, 0) is 31.4 Å². The first-order chi connectivity index (χ1) is 9.90. The Morgan fingerprint density at radius 2 is 1.62 bits per heavy atom. The molecule has 120 valence electrons. The summed E-state index contributed by atoms with van der Waals surface area (Å²) >= 11 is 0. The first kappa shape index (κ1) is 18.1. The van der Waals surface area contributed by atoms with Crippen molar-refractivity contribution in [2.45, 2.75) is 25.8 Å². The third-order valence-electron chi connectivity index (χ3n) is 3.09. The molecule has 1 aromatic rings. The van der Waals surface area contributed by atoms with Gasteiger partial charge in [-0.25, -0.2) is 17.6 Å². The van der Waals surface area contributed by atoms with Crippen molar-refractivity contribution in [1.82, 2.24) is 0 Å². The zero-order valence-corrected chi connectivity index (χ0v) is 13.1. The predicted octanol–water partition coefficient (Wildman–Crippen LogP) is 3.44. The molecule has 0 fully saturated rings. The summed E-state index contributed by atoms with van der Waals surface area (Å²) in [5.41, 5.74) is -0.224. The summed E-state index contributed by atoms with van der Waals surface area (Å²) in [6.45, 7) is 2.17. The van der Waals surface area contributed by atoms with Crippen molar-refractivity contribution in [2.24, 2.45) is 0 Å². The highest BCUT2D eigenvalue weighted by Crippen LogP contribution is 2.22. The van der Waals surface area contributed by atoms with E-state index in [0.717, 1.165) is 0 Å². The Morgan fingerprint density at radius 3 is 2.14 bits per heavy atom. The smallest absolute Gasteiger partial charge is 0.377 e. The van der Waals surface area contributed by atoms with E-state index in [4.69, 9.17) is 13.3 Å². The van der Waals surface area contributed by atoms with E-state index in [1.807, 2.05) is 0 Å². The van der Waals surface area contributed by atoms with Gasteiger partial charge in [0.25, 0.3) is 0 Å². The quantitative estimate of drug-likeness (QED) is 0.317. The van der Waals surface area contributed by atoms with Crippen molar-refractivity contribution in [3.05, 3.63) is 34.9 Å². The van der Waals surface area contributed by atoms with E-state index in [2.05, 4.69) is 0 Å². The summed E-state index contributed by atoms with van der Waals surface area (Å²) in [5.74, 6) is -6.37. The lowest BCUT2D eigenvalue weighted by Gasteiger charge is -2.25.